The molecule has 0 aromatic heterocycles. The average molecular weight is 469 g/mol. The summed E-state index contributed by atoms with van der Waals surface area (Å²) in [5, 5.41) is 5.01. The minimum atomic E-state index is -0.0857. The van der Waals surface area contributed by atoms with Crippen LogP contribution >= 0.6 is 0 Å². The van der Waals surface area contributed by atoms with Crippen molar-refractivity contribution in [2.45, 2.75) is 43.9 Å². The molecule has 5 nitrogen and oxygen atoms in total. The fourth-order valence-corrected chi connectivity index (χ4v) is 7.87. The summed E-state index contributed by atoms with van der Waals surface area (Å²) in [6.07, 6.45) is 8.17. The number of hydrogen-bond donors (Lipinski definition) is 2. The van der Waals surface area contributed by atoms with Crippen LogP contribution in [0.15, 0.2) is 48.5 Å². The second-order valence-electron chi connectivity index (χ2n) is 11.3. The molecule has 0 radical (unpaired) electrons. The predicted molar refractivity (Wildman–Crippen MR) is 137 cm³/mol. The Bertz CT molecular complexity index is 1300. The molecule has 4 fully saturated rings. The Morgan fingerprint density at radius 3 is 2.34 bits per heavy atom. The zero-order chi connectivity index (χ0) is 23.6. The first-order chi connectivity index (χ1) is 17.1. The fourth-order valence-electron chi connectivity index (χ4n) is 7.87. The summed E-state index contributed by atoms with van der Waals surface area (Å²) in [6, 6.07) is 16.9. The number of carbonyl (C=O) groups excluding carboxylic acids is 1. The third-order valence-corrected chi connectivity index (χ3v) is 8.95. The minimum absolute atomic E-state index is 0.0857. The van der Waals surface area contributed by atoms with E-state index >= 15 is 0 Å². The third kappa shape index (κ3) is 3.51. The van der Waals surface area contributed by atoms with Gasteiger partial charge in [0.05, 0.1) is 0 Å². The molecule has 1 heterocycles. The third-order valence-electron chi connectivity index (χ3n) is 8.95. The van der Waals surface area contributed by atoms with Gasteiger partial charge in [-0.2, -0.15) is 0 Å². The van der Waals surface area contributed by atoms with Crippen molar-refractivity contribution in [1.82, 2.24) is 5.32 Å². The van der Waals surface area contributed by atoms with Crippen molar-refractivity contribution in [2.75, 3.05) is 19.9 Å². The van der Waals surface area contributed by atoms with Gasteiger partial charge >= 0.3 is 0 Å². The number of amides is 1. The van der Waals surface area contributed by atoms with Crippen molar-refractivity contribution in [3.63, 3.8) is 0 Å². The molecule has 5 aliphatic rings. The number of fused-ring (bicyclic) bond motifs is 2. The Kier molecular flexibility index (Phi) is 4.85. The van der Waals surface area contributed by atoms with E-state index in [4.69, 9.17) is 15.2 Å². The number of ether oxygens (including phenoxy) is 2. The van der Waals surface area contributed by atoms with Crippen LogP contribution < -0.4 is 20.5 Å². The van der Waals surface area contributed by atoms with E-state index in [1.54, 1.807) is 0 Å². The van der Waals surface area contributed by atoms with Crippen molar-refractivity contribution in [1.29, 1.82) is 0 Å². The first-order valence-corrected chi connectivity index (χ1v) is 13.1. The number of carbonyl (C=O) groups is 1. The zero-order valence-electron chi connectivity index (χ0n) is 20.0. The summed E-state index contributed by atoms with van der Waals surface area (Å²) in [5.41, 5.74) is 10.2. The molecule has 3 N–H and O–H groups in total. The van der Waals surface area contributed by atoms with E-state index in [9.17, 15) is 4.79 Å². The SMILES string of the molecule is NCCNC(=O)c1ccc2cc(-c3cc4c(c(C56CC7CC(CC(C7)C5)C6)c3)OCO4)ccc2c1. The lowest BCUT2D eigenvalue weighted by Gasteiger charge is -2.57. The molecule has 0 atom stereocenters. The Labute approximate surface area is 206 Å². The van der Waals surface area contributed by atoms with E-state index < -0.39 is 0 Å². The first-order valence-electron chi connectivity index (χ1n) is 13.1. The molecule has 3 aromatic carbocycles. The molecule has 35 heavy (non-hydrogen) atoms. The van der Waals surface area contributed by atoms with Crippen LogP contribution in [-0.4, -0.2) is 25.8 Å². The van der Waals surface area contributed by atoms with E-state index in [0.29, 0.717) is 25.4 Å². The van der Waals surface area contributed by atoms with Crippen molar-refractivity contribution in [3.05, 3.63) is 59.7 Å². The molecular weight excluding hydrogens is 436 g/mol. The van der Waals surface area contributed by atoms with Gasteiger partial charge in [-0.15, -0.1) is 0 Å². The Morgan fingerprint density at radius 2 is 1.60 bits per heavy atom. The maximum absolute atomic E-state index is 12.4. The lowest BCUT2D eigenvalue weighted by molar-refractivity contribution is -0.00626. The van der Waals surface area contributed by atoms with Gasteiger partial charge in [-0.1, -0.05) is 18.2 Å². The van der Waals surface area contributed by atoms with E-state index in [2.05, 4.69) is 35.6 Å². The molecule has 180 valence electrons. The molecule has 1 aliphatic heterocycles. The van der Waals surface area contributed by atoms with Gasteiger partial charge in [0.15, 0.2) is 11.5 Å². The highest BCUT2D eigenvalue weighted by Crippen LogP contribution is 2.63. The monoisotopic (exact) mass is 468 g/mol. The molecule has 0 spiro atoms. The lowest BCUT2D eigenvalue weighted by Crippen LogP contribution is -2.48. The summed E-state index contributed by atoms with van der Waals surface area (Å²) in [4.78, 5) is 12.4. The normalized spacial score (nSPS) is 28.0. The van der Waals surface area contributed by atoms with Gasteiger partial charge in [0, 0.05) is 24.2 Å². The summed E-state index contributed by atoms with van der Waals surface area (Å²) >= 11 is 0. The predicted octanol–water partition coefficient (Wildman–Crippen LogP) is 5.39. The molecule has 4 bridgehead atoms. The molecule has 4 saturated carbocycles. The highest BCUT2D eigenvalue weighted by Gasteiger charge is 2.53. The molecule has 4 aliphatic carbocycles. The summed E-state index contributed by atoms with van der Waals surface area (Å²) < 4.78 is 12.0. The van der Waals surface area contributed by atoms with Gasteiger partial charge in [-0.3, -0.25) is 4.79 Å². The standard InChI is InChI=1S/C30H32N2O3/c31-5-6-32-29(33)24-4-3-21-10-23(2-1-22(21)11-24)25-12-26(28-27(13-25)34-17-35-28)30-14-18-7-19(15-30)9-20(8-18)16-30/h1-4,10-13,18-20H,5-9,14-17,31H2,(H,32,33). The average Bonchev–Trinajstić information content (AvgIpc) is 3.34. The van der Waals surface area contributed by atoms with Crippen LogP contribution in [-0.2, 0) is 5.41 Å². The van der Waals surface area contributed by atoms with Crippen molar-refractivity contribution < 1.29 is 14.3 Å². The van der Waals surface area contributed by atoms with E-state index in [1.165, 1.54) is 55.2 Å². The molecule has 1 amide bonds. The molecule has 8 rings (SSSR count). The highest BCUT2D eigenvalue weighted by molar-refractivity contribution is 5.99. The van der Waals surface area contributed by atoms with E-state index in [-0.39, 0.29) is 11.3 Å². The van der Waals surface area contributed by atoms with Crippen LogP contribution in [0.2, 0.25) is 0 Å². The maximum Gasteiger partial charge on any atom is 0.251 e. The summed E-state index contributed by atoms with van der Waals surface area (Å²) in [5.74, 6) is 4.42. The molecule has 0 saturated heterocycles. The maximum atomic E-state index is 12.4. The van der Waals surface area contributed by atoms with Crippen LogP contribution in [0.5, 0.6) is 11.5 Å². The van der Waals surface area contributed by atoms with Gasteiger partial charge in [0.2, 0.25) is 6.79 Å². The largest absolute Gasteiger partial charge is 0.454 e. The van der Waals surface area contributed by atoms with Gasteiger partial charge < -0.3 is 20.5 Å². The second-order valence-corrected chi connectivity index (χ2v) is 11.3. The number of nitrogens with one attached hydrogen (secondary N) is 1. The van der Waals surface area contributed by atoms with Crippen LogP contribution in [0.4, 0.5) is 0 Å². The van der Waals surface area contributed by atoms with Crippen molar-refractivity contribution in [2.24, 2.45) is 23.5 Å². The van der Waals surface area contributed by atoms with Crippen LogP contribution in [0.25, 0.3) is 21.9 Å². The number of benzene rings is 3. The number of nitrogens with two attached hydrogens (primary N) is 1. The van der Waals surface area contributed by atoms with Crippen molar-refractivity contribution >= 4 is 16.7 Å². The lowest BCUT2D eigenvalue weighted by atomic mass is 9.48. The quantitative estimate of drug-likeness (QED) is 0.526. The topological polar surface area (TPSA) is 73.6 Å². The van der Waals surface area contributed by atoms with Crippen LogP contribution in [0.3, 0.4) is 0 Å². The Balaban J connectivity index is 1.27. The van der Waals surface area contributed by atoms with Gasteiger partial charge in [0.1, 0.15) is 0 Å². The van der Waals surface area contributed by atoms with E-state index in [1.807, 2.05) is 18.2 Å². The van der Waals surface area contributed by atoms with Gasteiger partial charge in [-0.05, 0) is 114 Å². The second kappa shape index (κ2) is 7.99. The molecule has 3 aromatic rings. The molecule has 0 unspecified atom stereocenters. The molecule has 5 heteroatoms. The fraction of sp³-hybridized carbons (Fsp3) is 0.433. The highest BCUT2D eigenvalue weighted by atomic mass is 16.7. The van der Waals surface area contributed by atoms with E-state index in [0.717, 1.165) is 40.0 Å². The Hall–Kier alpha value is -3.05. The molecular formula is C30H32N2O3. The summed E-state index contributed by atoms with van der Waals surface area (Å²) in [6.45, 7) is 1.22. The first kappa shape index (κ1) is 21.3. The van der Waals surface area contributed by atoms with Crippen LogP contribution in [0, 0.1) is 17.8 Å². The Morgan fingerprint density at radius 1 is 0.886 bits per heavy atom. The number of hydrogen-bond acceptors (Lipinski definition) is 4. The smallest absolute Gasteiger partial charge is 0.251 e. The zero-order valence-corrected chi connectivity index (χ0v) is 20.0. The number of rotatable bonds is 5. The van der Waals surface area contributed by atoms with Gasteiger partial charge in [-0.25, -0.2) is 0 Å². The van der Waals surface area contributed by atoms with Gasteiger partial charge in [0.25, 0.3) is 5.91 Å². The van der Waals surface area contributed by atoms with Crippen molar-refractivity contribution in [3.8, 4) is 22.6 Å². The minimum Gasteiger partial charge on any atom is -0.454 e. The summed E-state index contributed by atoms with van der Waals surface area (Å²) in [7, 11) is 0. The van der Waals surface area contributed by atoms with Crippen LogP contribution in [0.1, 0.15) is 54.4 Å².